The molecule has 0 saturated heterocycles. The fourth-order valence-electron chi connectivity index (χ4n) is 3.79. The van der Waals surface area contributed by atoms with Gasteiger partial charge < -0.3 is 5.32 Å². The summed E-state index contributed by atoms with van der Waals surface area (Å²) < 4.78 is 0. The number of non-ortho nitro benzene ring substituents is 1. The van der Waals surface area contributed by atoms with Crippen molar-refractivity contribution in [2.45, 2.75) is 38.5 Å². The maximum atomic E-state index is 12.6. The quantitative estimate of drug-likeness (QED) is 0.485. The summed E-state index contributed by atoms with van der Waals surface area (Å²) in [6.45, 7) is 0. The minimum absolute atomic E-state index is 0.00155. The van der Waals surface area contributed by atoms with Crippen LogP contribution in [0.2, 0.25) is 0 Å². The molecular formula is C20H24N2O3. The van der Waals surface area contributed by atoms with Crippen molar-refractivity contribution in [2.75, 3.05) is 5.32 Å². The van der Waals surface area contributed by atoms with Crippen molar-refractivity contribution in [3.05, 3.63) is 58.7 Å². The van der Waals surface area contributed by atoms with Gasteiger partial charge in [-0.3, -0.25) is 14.9 Å². The summed E-state index contributed by atoms with van der Waals surface area (Å²) in [6.07, 6.45) is 15.2. The number of rotatable bonds is 3. The van der Waals surface area contributed by atoms with E-state index in [1.165, 1.54) is 12.1 Å². The van der Waals surface area contributed by atoms with Gasteiger partial charge in [0, 0.05) is 23.7 Å². The smallest absolute Gasteiger partial charge is 0.271 e. The van der Waals surface area contributed by atoms with Crippen LogP contribution < -0.4 is 5.32 Å². The van der Waals surface area contributed by atoms with Crippen LogP contribution in [0.5, 0.6) is 0 Å². The van der Waals surface area contributed by atoms with Crippen LogP contribution in [-0.2, 0) is 4.79 Å². The zero-order valence-electron chi connectivity index (χ0n) is 14.3. The molecule has 0 radical (unpaired) electrons. The fourth-order valence-corrected chi connectivity index (χ4v) is 3.79. The molecule has 25 heavy (non-hydrogen) atoms. The van der Waals surface area contributed by atoms with E-state index in [1.54, 1.807) is 12.1 Å². The molecule has 1 N–H and O–H groups in total. The second-order valence-corrected chi connectivity index (χ2v) is 6.83. The molecule has 3 rings (SSSR count). The zero-order valence-corrected chi connectivity index (χ0v) is 14.3. The second-order valence-electron chi connectivity index (χ2n) is 6.83. The summed E-state index contributed by atoms with van der Waals surface area (Å²) in [5.41, 5.74) is 0.497. The van der Waals surface area contributed by atoms with E-state index >= 15 is 0 Å². The number of anilines is 1. The first-order chi connectivity index (χ1) is 12.2. The molecular weight excluding hydrogens is 316 g/mol. The number of amides is 1. The number of hydrogen-bond donors (Lipinski definition) is 1. The number of nitro benzene ring substituents is 1. The van der Waals surface area contributed by atoms with Crippen molar-refractivity contribution in [1.82, 2.24) is 0 Å². The summed E-state index contributed by atoms with van der Waals surface area (Å²) in [6, 6.07) is 6.14. The molecule has 1 saturated carbocycles. The second kappa shape index (κ2) is 8.10. The number of benzene rings is 1. The van der Waals surface area contributed by atoms with Crippen molar-refractivity contribution in [3.63, 3.8) is 0 Å². The van der Waals surface area contributed by atoms with Crippen LogP contribution in [0.15, 0.2) is 48.6 Å². The number of fused-ring (bicyclic) bond motifs is 1. The van der Waals surface area contributed by atoms with Gasteiger partial charge in [0.05, 0.1) is 4.92 Å². The molecule has 5 nitrogen and oxygen atoms in total. The first kappa shape index (κ1) is 17.4. The van der Waals surface area contributed by atoms with Crippen molar-refractivity contribution >= 4 is 17.3 Å². The number of nitrogens with zero attached hydrogens (tertiary/aromatic N) is 1. The third kappa shape index (κ3) is 4.56. The summed E-state index contributed by atoms with van der Waals surface area (Å²) in [5, 5.41) is 13.7. The molecule has 0 bridgehead atoms. The molecule has 2 atom stereocenters. The monoisotopic (exact) mass is 340 g/mol. The Morgan fingerprint density at radius 3 is 2.20 bits per heavy atom. The van der Waals surface area contributed by atoms with E-state index in [1.807, 2.05) is 0 Å². The predicted molar refractivity (Wildman–Crippen MR) is 98.2 cm³/mol. The maximum absolute atomic E-state index is 12.6. The van der Waals surface area contributed by atoms with E-state index in [0.717, 1.165) is 38.5 Å². The molecule has 1 amide bonds. The highest BCUT2D eigenvalue weighted by Crippen LogP contribution is 2.52. The number of allylic oxidation sites excluding steroid dienone is 4. The lowest BCUT2D eigenvalue weighted by Gasteiger charge is -2.05. The van der Waals surface area contributed by atoms with Gasteiger partial charge >= 0.3 is 0 Å². The van der Waals surface area contributed by atoms with E-state index in [0.29, 0.717) is 17.5 Å². The summed E-state index contributed by atoms with van der Waals surface area (Å²) in [5.74, 6) is 0.882. The Hall–Kier alpha value is -2.43. The molecule has 5 heteroatoms. The summed E-state index contributed by atoms with van der Waals surface area (Å²) in [7, 11) is 0. The van der Waals surface area contributed by atoms with Crippen LogP contribution in [0.1, 0.15) is 38.5 Å². The fraction of sp³-hybridized carbons (Fsp3) is 0.450. The normalized spacial score (nSPS) is 28.6. The number of carbonyl (C=O) groups excluding carboxylic acids is 1. The molecule has 0 aliphatic heterocycles. The summed E-state index contributed by atoms with van der Waals surface area (Å²) >= 11 is 0. The lowest BCUT2D eigenvalue weighted by molar-refractivity contribution is -0.384. The minimum Gasteiger partial charge on any atom is -0.326 e. The molecule has 1 aromatic carbocycles. The van der Waals surface area contributed by atoms with Gasteiger partial charge in [-0.2, -0.15) is 0 Å². The average Bonchev–Trinajstić information content (AvgIpc) is 3.27. The van der Waals surface area contributed by atoms with E-state index in [-0.39, 0.29) is 17.5 Å². The number of hydrogen-bond acceptors (Lipinski definition) is 3. The summed E-state index contributed by atoms with van der Waals surface area (Å²) in [4.78, 5) is 23.1. The van der Waals surface area contributed by atoms with Crippen LogP contribution in [0, 0.1) is 27.9 Å². The van der Waals surface area contributed by atoms with Crippen molar-refractivity contribution in [3.8, 4) is 0 Å². The van der Waals surface area contributed by atoms with Gasteiger partial charge in [-0.05, 0) is 56.4 Å². The van der Waals surface area contributed by atoms with Gasteiger partial charge in [0.2, 0.25) is 5.91 Å². The number of carbonyl (C=O) groups is 1. The standard InChI is InChI=1S/C20H24N2O3/c23-20(21-15-10-9-11-16(14-15)22(24)25)19-17-12-7-5-3-1-2-4-6-8-13-18(17)19/h3-6,9-11,14,17-19H,1-2,7-8,12-13H2,(H,21,23)/b5-3-,6-4-. The molecule has 0 spiro atoms. The van der Waals surface area contributed by atoms with Crippen LogP contribution in [0.25, 0.3) is 0 Å². The molecule has 2 aliphatic carbocycles. The van der Waals surface area contributed by atoms with Gasteiger partial charge in [0.15, 0.2) is 0 Å². The van der Waals surface area contributed by atoms with Crippen LogP contribution in [0.3, 0.4) is 0 Å². The van der Waals surface area contributed by atoms with Crippen molar-refractivity contribution in [1.29, 1.82) is 0 Å². The van der Waals surface area contributed by atoms with Crippen molar-refractivity contribution < 1.29 is 9.72 Å². The van der Waals surface area contributed by atoms with Crippen LogP contribution in [0.4, 0.5) is 11.4 Å². The van der Waals surface area contributed by atoms with Gasteiger partial charge in [-0.1, -0.05) is 30.4 Å². The molecule has 1 fully saturated rings. The Balaban J connectivity index is 1.63. The Morgan fingerprint density at radius 2 is 1.60 bits per heavy atom. The first-order valence-corrected chi connectivity index (χ1v) is 9.02. The zero-order chi connectivity index (χ0) is 17.6. The maximum Gasteiger partial charge on any atom is 0.271 e. The molecule has 2 aliphatic rings. The van der Waals surface area contributed by atoms with E-state index in [2.05, 4.69) is 29.6 Å². The van der Waals surface area contributed by atoms with Gasteiger partial charge in [0.25, 0.3) is 5.69 Å². The lowest BCUT2D eigenvalue weighted by Crippen LogP contribution is -2.15. The molecule has 0 heterocycles. The van der Waals surface area contributed by atoms with Crippen LogP contribution in [-0.4, -0.2) is 10.8 Å². The third-order valence-corrected chi connectivity index (χ3v) is 5.13. The van der Waals surface area contributed by atoms with E-state index < -0.39 is 4.92 Å². The minimum atomic E-state index is -0.446. The average molecular weight is 340 g/mol. The Morgan fingerprint density at radius 1 is 1.00 bits per heavy atom. The highest BCUT2D eigenvalue weighted by atomic mass is 16.6. The topological polar surface area (TPSA) is 72.2 Å². The Labute approximate surface area is 148 Å². The predicted octanol–water partition coefficient (Wildman–Crippen LogP) is 4.86. The Bertz CT molecular complexity index is 672. The van der Waals surface area contributed by atoms with Gasteiger partial charge in [-0.25, -0.2) is 0 Å². The highest BCUT2D eigenvalue weighted by molar-refractivity contribution is 5.95. The molecule has 1 aromatic rings. The van der Waals surface area contributed by atoms with Crippen molar-refractivity contribution in [2.24, 2.45) is 17.8 Å². The Kier molecular flexibility index (Phi) is 5.64. The largest absolute Gasteiger partial charge is 0.326 e. The van der Waals surface area contributed by atoms with Crippen LogP contribution >= 0.6 is 0 Å². The lowest BCUT2D eigenvalue weighted by atomic mass is 10.1. The SMILES string of the molecule is O=C(Nc1cccc([N+](=O)[O-])c1)C1C2CC/C=C\CC/C=C\CCC21. The van der Waals surface area contributed by atoms with Gasteiger partial charge in [-0.15, -0.1) is 0 Å². The number of nitro groups is 1. The third-order valence-electron chi connectivity index (χ3n) is 5.13. The van der Waals surface area contributed by atoms with E-state index in [4.69, 9.17) is 0 Å². The first-order valence-electron chi connectivity index (χ1n) is 9.02. The molecule has 0 aromatic heterocycles. The highest BCUT2D eigenvalue weighted by Gasteiger charge is 2.52. The molecule has 132 valence electrons. The van der Waals surface area contributed by atoms with Gasteiger partial charge in [0.1, 0.15) is 0 Å². The molecule has 2 unspecified atom stereocenters. The van der Waals surface area contributed by atoms with E-state index in [9.17, 15) is 14.9 Å². The number of nitrogens with one attached hydrogen (secondary N) is 1.